The molecule has 6 nitrogen and oxygen atoms in total. The van der Waals surface area contributed by atoms with Gasteiger partial charge in [-0.05, 0) is 5.56 Å². The molecule has 0 spiro atoms. The lowest BCUT2D eigenvalue weighted by atomic mass is 10.1. The molecule has 3 N–H and O–H groups in total. The predicted molar refractivity (Wildman–Crippen MR) is 63.4 cm³/mol. The number of hydrogen-bond donors (Lipinski definition) is 3. The quantitative estimate of drug-likeness (QED) is 0.431. The average Bonchev–Trinajstić information content (AvgIpc) is 2.28. The van der Waals surface area contributed by atoms with Crippen molar-refractivity contribution in [2.75, 3.05) is 0 Å². The lowest BCUT2D eigenvalue weighted by Crippen LogP contribution is -2.22. The molecular weight excluding hydrogens is 289 g/mol. The van der Waals surface area contributed by atoms with Crippen LogP contribution in [0.25, 0.3) is 0 Å². The van der Waals surface area contributed by atoms with Crippen LogP contribution in [0, 0.1) is 0 Å². The fourth-order valence-corrected chi connectivity index (χ4v) is 2.75. The fraction of sp³-hybridized carbons (Fsp3) is 0.250. The molecule has 0 aliphatic carbocycles. The third-order valence-corrected chi connectivity index (χ3v) is 3.98. The molecule has 3 unspecified atom stereocenters. The Kier molecular flexibility index (Phi) is 5.35. The van der Waals surface area contributed by atoms with Crippen molar-refractivity contribution in [2.24, 2.45) is 0 Å². The number of rotatable bonds is 5. The summed E-state index contributed by atoms with van der Waals surface area (Å²) in [4.78, 5) is 17.6. The van der Waals surface area contributed by atoms with Gasteiger partial charge in [0.25, 0.3) is 13.6 Å². The van der Waals surface area contributed by atoms with E-state index in [1.165, 1.54) is 24.3 Å². The molecule has 96 valence electrons. The zero-order valence-electron chi connectivity index (χ0n) is 8.46. The first-order chi connectivity index (χ1) is 7.90. The van der Waals surface area contributed by atoms with E-state index in [4.69, 9.17) is 21.4 Å². The Hall–Kier alpha value is -0.190. The van der Waals surface area contributed by atoms with Gasteiger partial charge in [-0.1, -0.05) is 24.3 Å². The molecule has 3 atom stereocenters. The minimum atomic E-state index is -3.62. The van der Waals surface area contributed by atoms with Gasteiger partial charge in [-0.2, -0.15) is 0 Å². The van der Waals surface area contributed by atoms with E-state index in [-0.39, 0.29) is 11.4 Å². The summed E-state index contributed by atoms with van der Waals surface area (Å²) in [6.45, 7) is 0. The molecule has 0 aliphatic heterocycles. The van der Waals surface area contributed by atoms with Crippen molar-refractivity contribution in [3.8, 4) is 0 Å². The molecule has 0 fully saturated rings. The van der Waals surface area contributed by atoms with Gasteiger partial charge in [-0.25, -0.2) is 0 Å². The fourth-order valence-electron chi connectivity index (χ4n) is 1.17. The van der Waals surface area contributed by atoms with Gasteiger partial charge >= 0.3 is 8.25 Å². The van der Waals surface area contributed by atoms with Gasteiger partial charge in [0.15, 0.2) is 0 Å². The third-order valence-electron chi connectivity index (χ3n) is 2.02. The van der Waals surface area contributed by atoms with E-state index in [1.807, 2.05) is 0 Å². The van der Waals surface area contributed by atoms with Crippen molar-refractivity contribution in [1.29, 1.82) is 0 Å². The van der Waals surface area contributed by atoms with Gasteiger partial charge in [0.2, 0.25) is 0 Å². The Labute approximate surface area is 104 Å². The van der Waals surface area contributed by atoms with Crippen LogP contribution in [0.15, 0.2) is 24.3 Å². The van der Waals surface area contributed by atoms with Gasteiger partial charge in [-0.3, -0.25) is 13.7 Å². The first-order valence-electron chi connectivity index (χ1n) is 4.43. The topological polar surface area (TPSA) is 104 Å². The van der Waals surface area contributed by atoms with Crippen molar-refractivity contribution >= 4 is 27.9 Å². The smallest absolute Gasteiger partial charge is 0.319 e. The van der Waals surface area contributed by atoms with Gasteiger partial charge in [-0.15, -0.1) is 11.6 Å². The number of aliphatic hydroxyl groups is 1. The minimum absolute atomic E-state index is 0.0786. The predicted octanol–water partition coefficient (Wildman–Crippen LogP) is 1.39. The molecule has 1 aromatic carbocycles. The molecule has 0 amide bonds. The first kappa shape index (κ1) is 14.9. The van der Waals surface area contributed by atoms with E-state index in [2.05, 4.69) is 4.52 Å². The highest BCUT2D eigenvalue weighted by molar-refractivity contribution is 7.40. The molecule has 0 radical (unpaired) electrons. The number of hydrogen-bond acceptors (Lipinski definition) is 4. The number of halogens is 1. The molecule has 1 aromatic rings. The van der Waals surface area contributed by atoms with Gasteiger partial charge in [0.05, 0.1) is 0 Å². The molecule has 0 saturated heterocycles. The highest BCUT2D eigenvalue weighted by Gasteiger charge is 2.38. The van der Waals surface area contributed by atoms with Crippen LogP contribution in [-0.2, 0) is 25.1 Å². The van der Waals surface area contributed by atoms with E-state index < -0.39 is 21.8 Å². The van der Waals surface area contributed by atoms with Crippen molar-refractivity contribution in [2.45, 2.75) is 11.4 Å². The summed E-state index contributed by atoms with van der Waals surface area (Å²) in [7, 11) is -7.18. The van der Waals surface area contributed by atoms with Crippen LogP contribution in [0.4, 0.5) is 0 Å². The second kappa shape index (κ2) is 6.12. The largest absolute Gasteiger partial charge is 0.354 e. The third kappa shape index (κ3) is 3.63. The summed E-state index contributed by atoms with van der Waals surface area (Å²) < 4.78 is 25.9. The number of benzene rings is 1. The molecular formula is C8H11ClO6P2. The Morgan fingerprint density at radius 1 is 1.24 bits per heavy atom. The lowest BCUT2D eigenvalue weighted by Gasteiger charge is -2.23. The van der Waals surface area contributed by atoms with Gasteiger partial charge < -0.3 is 14.9 Å². The van der Waals surface area contributed by atoms with E-state index >= 15 is 0 Å². The Morgan fingerprint density at radius 3 is 2.12 bits per heavy atom. The van der Waals surface area contributed by atoms with E-state index in [0.717, 1.165) is 5.56 Å². The Bertz CT molecular complexity index is 436. The minimum Gasteiger partial charge on any atom is -0.354 e. The Morgan fingerprint density at radius 2 is 1.76 bits per heavy atom. The van der Waals surface area contributed by atoms with Crippen LogP contribution in [0.3, 0.4) is 0 Å². The van der Waals surface area contributed by atoms with E-state index in [0.29, 0.717) is 0 Å². The maximum atomic E-state index is 11.1. The van der Waals surface area contributed by atoms with E-state index in [9.17, 15) is 14.2 Å². The summed E-state index contributed by atoms with van der Waals surface area (Å²) in [6.07, 6.45) is 0. The monoisotopic (exact) mass is 300 g/mol. The highest BCUT2D eigenvalue weighted by atomic mass is 35.5. The summed E-state index contributed by atoms with van der Waals surface area (Å²) >= 11 is 5.56. The van der Waals surface area contributed by atoms with Crippen LogP contribution in [0.5, 0.6) is 0 Å². The molecule has 17 heavy (non-hydrogen) atoms. The second-order valence-corrected chi connectivity index (χ2v) is 5.44. The van der Waals surface area contributed by atoms with Crippen LogP contribution in [0.2, 0.25) is 0 Å². The van der Waals surface area contributed by atoms with Crippen molar-refractivity contribution < 1.29 is 28.5 Å². The van der Waals surface area contributed by atoms with Crippen LogP contribution in [0.1, 0.15) is 11.1 Å². The summed E-state index contributed by atoms with van der Waals surface area (Å²) in [5.74, 6) is 0.241. The summed E-state index contributed by atoms with van der Waals surface area (Å²) in [6, 6.07) is 5.63. The van der Waals surface area contributed by atoms with Crippen LogP contribution in [-0.4, -0.2) is 14.9 Å². The first-order valence-corrected chi connectivity index (χ1v) is 7.58. The summed E-state index contributed by atoms with van der Waals surface area (Å²) in [5, 5.41) is 9.79. The Balaban J connectivity index is 3.13. The normalized spacial score (nSPS) is 18.4. The van der Waals surface area contributed by atoms with Crippen LogP contribution < -0.4 is 0 Å². The molecule has 9 heteroatoms. The molecule has 0 heterocycles. The molecule has 1 rings (SSSR count). The van der Waals surface area contributed by atoms with Gasteiger partial charge in [0, 0.05) is 11.4 Å². The molecule has 0 aromatic heterocycles. The van der Waals surface area contributed by atoms with Crippen molar-refractivity contribution in [1.82, 2.24) is 0 Å². The molecule has 0 bridgehead atoms. The van der Waals surface area contributed by atoms with Gasteiger partial charge in [0.1, 0.15) is 0 Å². The highest BCUT2D eigenvalue weighted by Crippen LogP contribution is 2.47. The molecule has 0 aliphatic rings. The van der Waals surface area contributed by atoms with Crippen LogP contribution >= 0.6 is 27.9 Å². The maximum Gasteiger partial charge on any atom is 0.319 e. The average molecular weight is 301 g/mol. The SMILES string of the molecule is O=[PH](O)OC(O)(c1ccc(CCl)cc1)[PH](=O)O. The number of alkyl halides is 1. The maximum absolute atomic E-state index is 11.1. The van der Waals surface area contributed by atoms with Crippen molar-refractivity contribution in [3.63, 3.8) is 0 Å². The van der Waals surface area contributed by atoms with Crippen molar-refractivity contribution in [3.05, 3.63) is 35.4 Å². The second-order valence-electron chi connectivity index (χ2n) is 3.15. The lowest BCUT2D eigenvalue weighted by molar-refractivity contribution is -0.0741. The standard InChI is InChI=1S/C8H11ClO6P2/c9-5-6-1-3-7(4-2-6)8(10,16(11)12)15-17(13)14/h1-4,10,16-17H,5H2,(H,11,12)(H,13,14). The van der Waals surface area contributed by atoms with E-state index in [1.54, 1.807) is 0 Å². The zero-order valence-corrected chi connectivity index (χ0v) is 11.2. The zero-order chi connectivity index (χ0) is 13.1. The molecule has 0 saturated carbocycles. The summed E-state index contributed by atoms with van der Waals surface area (Å²) in [5.41, 5.74) is -2.00.